The van der Waals surface area contributed by atoms with Gasteiger partial charge in [0.05, 0.1) is 92.7 Å². The first-order chi connectivity index (χ1) is 64.7. The molecule has 132 heavy (non-hydrogen) atoms. The molecule has 0 unspecified atom stereocenters. The van der Waals surface area contributed by atoms with Gasteiger partial charge >= 0.3 is 0 Å². The Morgan fingerprint density at radius 3 is 0.697 bits per heavy atom. The zero-order valence-corrected chi connectivity index (χ0v) is 74.3. The van der Waals surface area contributed by atoms with Crippen molar-refractivity contribution in [2.24, 2.45) is 5.73 Å². The third kappa shape index (κ3) is 27.2. The van der Waals surface area contributed by atoms with Gasteiger partial charge in [0, 0.05) is 183 Å². The van der Waals surface area contributed by atoms with Crippen molar-refractivity contribution in [2.45, 2.75) is 123 Å². The first-order valence-electron chi connectivity index (χ1n) is 43.0. The van der Waals surface area contributed by atoms with E-state index in [1.807, 2.05) is 182 Å². The van der Waals surface area contributed by atoms with Crippen LogP contribution in [-0.2, 0) is 123 Å². The molecule has 670 valence electrons. The van der Waals surface area contributed by atoms with E-state index in [0.29, 0.717) is 135 Å². The summed E-state index contributed by atoms with van der Waals surface area (Å²) in [5.74, 6) is -0.576. The fourth-order valence-electron chi connectivity index (χ4n) is 15.6. The number of phenols is 3. The van der Waals surface area contributed by atoms with Crippen LogP contribution in [-0.4, -0.2) is 108 Å². The molecule has 0 saturated heterocycles. The highest BCUT2D eigenvalue weighted by molar-refractivity contribution is 6.22. The predicted octanol–water partition coefficient (Wildman–Crippen LogP) is 18.5. The summed E-state index contributed by atoms with van der Waals surface area (Å²) in [6, 6.07) is 92.6. The van der Waals surface area contributed by atoms with Crippen molar-refractivity contribution in [3.05, 3.63) is 470 Å². The first-order valence-corrected chi connectivity index (χ1v) is 44.1. The van der Waals surface area contributed by atoms with Gasteiger partial charge in [0.15, 0.2) is 0 Å². The van der Waals surface area contributed by atoms with E-state index in [1.165, 1.54) is 20.9 Å². The second kappa shape index (κ2) is 49.2. The highest BCUT2D eigenvalue weighted by Gasteiger charge is 2.37. The molecular formula is C105H104Cl2N18O7. The molecule has 0 fully saturated rings. The lowest BCUT2D eigenvalue weighted by molar-refractivity contribution is 0.0627. The normalized spacial score (nSPS) is 11.9. The molecule has 7 aromatic carbocycles. The highest BCUT2D eigenvalue weighted by atomic mass is 35.5. The molecule has 8 aromatic heterocycles. The molecule has 2 aliphatic rings. The van der Waals surface area contributed by atoms with Crippen LogP contribution in [0.4, 0.5) is 0 Å². The summed E-state index contributed by atoms with van der Waals surface area (Å²) < 4.78 is 0. The number of halogens is 2. The van der Waals surface area contributed by atoms with E-state index in [2.05, 4.69) is 113 Å². The Morgan fingerprint density at radius 2 is 0.485 bits per heavy atom. The van der Waals surface area contributed by atoms with Crippen molar-refractivity contribution in [1.82, 2.24) is 74.6 Å². The second-order valence-corrected chi connectivity index (χ2v) is 32.0. The van der Waals surface area contributed by atoms with Gasteiger partial charge in [-0.1, -0.05) is 133 Å². The number of aromatic hydroxyl groups is 3. The van der Waals surface area contributed by atoms with Gasteiger partial charge in [-0.2, -0.15) is 0 Å². The third-order valence-corrected chi connectivity index (χ3v) is 22.3. The number of carbonyl (C=O) groups excluding carboxylic acids is 4. The number of phenolic OH excluding ortho intramolecular Hbond substituents is 3. The number of amides is 4. The van der Waals surface area contributed by atoms with Crippen LogP contribution >= 0.6 is 23.2 Å². The van der Waals surface area contributed by atoms with Gasteiger partial charge < -0.3 is 26.4 Å². The van der Waals surface area contributed by atoms with Gasteiger partial charge in [0.2, 0.25) is 0 Å². The van der Waals surface area contributed by atoms with Gasteiger partial charge in [0.1, 0.15) is 17.2 Å². The molecule has 4 amide bonds. The van der Waals surface area contributed by atoms with Crippen molar-refractivity contribution < 1.29 is 35.9 Å². The maximum Gasteiger partial charge on any atom is 0.261 e. The number of benzene rings is 7. The molecule has 0 spiro atoms. The summed E-state index contributed by atoms with van der Waals surface area (Å²) in [6.07, 6.45) is 14.3. The lowest BCUT2D eigenvalue weighted by atomic mass is 10.0. The monoisotopic (exact) mass is 1800 g/mol. The third-order valence-electron chi connectivity index (χ3n) is 21.8. The molecule has 0 bridgehead atoms. The van der Waals surface area contributed by atoms with Crippen LogP contribution in [0.2, 0.25) is 0 Å². The number of rotatable bonds is 35. The number of nitrogens with two attached hydrogens (primary N) is 1. The number of hydrogen-bond acceptors (Lipinski definition) is 23. The molecule has 2 aliphatic heterocycles. The molecule has 0 atom stereocenters. The van der Waals surface area contributed by atoms with Gasteiger partial charge in [0.25, 0.3) is 23.6 Å². The minimum absolute atomic E-state index is 0. The maximum absolute atomic E-state index is 13.4. The SMILES string of the molecule is N=N.NCc1cc(CN(Cc2ccccn2)Cc2ccccn2)c(O)c(CN(Cc2ccccn2)Cc2ccccn2)c1.O=C1c2ccccc2C(=O)N1Cc1cc(CCl)c(O)c(CCl)c1.O=C1c2ccccc2C(=O)N1Cc1cc(CN(Cc2ccccn2)Cc2ccccn2)c(O)c(CN(Cc2ccccn2)Cc2ccccn2)c1.[HH].c1ccc(CNCc2ccccc2)cc1. The zero-order valence-electron chi connectivity index (χ0n) is 72.8. The maximum atomic E-state index is 13.4. The van der Waals surface area contributed by atoms with Crippen LogP contribution in [0.5, 0.6) is 17.2 Å². The summed E-state index contributed by atoms with van der Waals surface area (Å²) >= 11 is 11.7. The van der Waals surface area contributed by atoms with Crippen molar-refractivity contribution >= 4 is 46.8 Å². The molecule has 8 N–H and O–H groups in total. The van der Waals surface area contributed by atoms with Crippen LogP contribution < -0.4 is 11.1 Å². The van der Waals surface area contributed by atoms with Crippen LogP contribution in [0.3, 0.4) is 0 Å². The largest absolute Gasteiger partial charge is 0.507 e. The van der Waals surface area contributed by atoms with Gasteiger partial charge in [-0.25, -0.2) is 11.1 Å². The molecule has 17 rings (SSSR count). The minimum atomic E-state index is -0.328. The fourth-order valence-corrected chi connectivity index (χ4v) is 16.0. The number of nitrogens with one attached hydrogen (secondary N) is 3. The Labute approximate surface area is 779 Å². The molecular weight excluding hydrogens is 1700 g/mol. The number of hydrogen-bond donors (Lipinski definition) is 7. The average Bonchev–Trinajstić information content (AvgIpc) is 1.66. The minimum Gasteiger partial charge on any atom is -0.507 e. The first kappa shape index (κ1) is 95.0. The summed E-state index contributed by atoms with van der Waals surface area (Å²) in [7, 11) is 0. The molecule has 0 radical (unpaired) electrons. The molecule has 0 aliphatic carbocycles. The van der Waals surface area contributed by atoms with Crippen LogP contribution in [0, 0.1) is 11.1 Å². The number of imide groups is 2. The Bertz CT molecular complexity index is 5680. The second-order valence-electron chi connectivity index (χ2n) is 31.5. The molecule has 15 aromatic rings. The smallest absolute Gasteiger partial charge is 0.261 e. The standard InChI is InChI=1S/C41H37N7O3.C33H35N7O.C17H13Cl2NO3.C14H15N.H2N2.H2/c49-39-31(24-46(26-33-11-3-7-17-42-33)27-34-12-4-8-18-43-34)21-30(23-48-40(50)37-15-1-2-16-38(37)41(48)51)22-32(39)25-47(28-35-13-5-9-19-44-35)29-36-14-6-10-20-45-36;34-19-26-17-27(20-39(22-29-9-1-5-13-35-29)23-30-10-2-6-14-36-30)33(41)28(18-26)21-40(24-31-11-3-7-15-37-31)25-32-12-4-8-16-38-32;18-7-11-5-10(6-12(8-19)15(11)21)9-20-16(22)13-3-1-2-4-14(13)17(20)23;1-3-7-13(8-4-1)11-15-12-14-9-5-2-6-10-14;1-2;/h1-22,49H,23-29H2;1-18,41H,19-25,34H2;1-6,21H,7-9H2;1-10,15H,11-12H2;1-2H;1H. The van der Waals surface area contributed by atoms with Crippen LogP contribution in [0.15, 0.2) is 341 Å². The van der Waals surface area contributed by atoms with Crippen LogP contribution in [0.1, 0.15) is 150 Å². The zero-order chi connectivity index (χ0) is 92.2. The topological polar surface area (TPSA) is 337 Å². The number of pyridine rings is 8. The van der Waals surface area contributed by atoms with E-state index in [4.69, 9.17) is 40.0 Å². The predicted molar refractivity (Wildman–Crippen MR) is 509 cm³/mol. The van der Waals surface area contributed by atoms with Crippen molar-refractivity contribution in [2.75, 3.05) is 0 Å². The van der Waals surface area contributed by atoms with E-state index in [1.54, 1.807) is 110 Å². The van der Waals surface area contributed by atoms with E-state index in [0.717, 1.165) is 80.9 Å². The summed E-state index contributed by atoms with van der Waals surface area (Å²) in [6.45, 7) is 8.68. The quantitative estimate of drug-likeness (QED) is 0.0110. The number of aromatic nitrogens is 8. The van der Waals surface area contributed by atoms with Crippen molar-refractivity contribution in [1.29, 1.82) is 11.1 Å². The number of carbonyl (C=O) groups is 4. The van der Waals surface area contributed by atoms with E-state index < -0.39 is 0 Å². The number of nitrogens with zero attached hydrogens (tertiary/aromatic N) is 14. The Morgan fingerprint density at radius 1 is 0.280 bits per heavy atom. The lowest BCUT2D eigenvalue weighted by Gasteiger charge is -2.26. The summed E-state index contributed by atoms with van der Waals surface area (Å²) in [4.78, 5) is 99.3. The Hall–Kier alpha value is -14.6. The van der Waals surface area contributed by atoms with Gasteiger partial charge in [-0.15, -0.1) is 23.2 Å². The average molecular weight is 1800 g/mol. The van der Waals surface area contributed by atoms with E-state index in [9.17, 15) is 34.5 Å². The lowest BCUT2D eigenvalue weighted by Crippen LogP contribution is -2.29. The summed E-state index contributed by atoms with van der Waals surface area (Å²) in [5.41, 5.74) is 34.2. The highest BCUT2D eigenvalue weighted by Crippen LogP contribution is 2.35. The van der Waals surface area contributed by atoms with Crippen LogP contribution in [0.25, 0.3) is 0 Å². The fraction of sp³-hybridized carbons (Fsp3) is 0.181. The number of alkyl halides is 2. The van der Waals surface area contributed by atoms with Gasteiger partial charge in [-0.05, 0) is 186 Å². The number of fused-ring (bicyclic) bond motifs is 2. The Kier molecular flexibility index (Phi) is 35.4. The summed E-state index contributed by atoms with van der Waals surface area (Å²) in [5, 5.41) is 37.1. The van der Waals surface area contributed by atoms with Crippen molar-refractivity contribution in [3.8, 4) is 17.2 Å². The van der Waals surface area contributed by atoms with Crippen molar-refractivity contribution in [3.63, 3.8) is 0 Å². The van der Waals surface area contributed by atoms with E-state index >= 15 is 0 Å². The van der Waals surface area contributed by atoms with Gasteiger partial charge in [-0.3, -0.25) is 88.4 Å². The molecule has 25 nitrogen and oxygen atoms in total. The molecule has 0 saturated carbocycles. The molecule has 27 heteroatoms. The molecule has 10 heterocycles. The van der Waals surface area contributed by atoms with E-state index in [-0.39, 0.29) is 67.2 Å². The Balaban J connectivity index is 0.000000172.